The van der Waals surface area contributed by atoms with Crippen molar-refractivity contribution >= 4 is 40.8 Å². The summed E-state index contributed by atoms with van der Waals surface area (Å²) in [7, 11) is 3.15. The number of amides is 2. The van der Waals surface area contributed by atoms with E-state index >= 15 is 0 Å². The number of nitrogens with zero attached hydrogens (tertiary/aromatic N) is 6. The van der Waals surface area contributed by atoms with E-state index in [2.05, 4.69) is 15.3 Å². The van der Waals surface area contributed by atoms with Crippen LogP contribution in [0.4, 0.5) is 5.82 Å². The van der Waals surface area contributed by atoms with Crippen LogP contribution in [0.25, 0.3) is 5.95 Å². The molecule has 1 fully saturated rings. The summed E-state index contributed by atoms with van der Waals surface area (Å²) >= 11 is 12.7. The van der Waals surface area contributed by atoms with Crippen molar-refractivity contribution in [3.63, 3.8) is 0 Å². The van der Waals surface area contributed by atoms with E-state index in [0.717, 1.165) is 16.9 Å². The molecule has 1 aliphatic rings. The maximum atomic E-state index is 13.4. The zero-order valence-electron chi connectivity index (χ0n) is 23.7. The van der Waals surface area contributed by atoms with Crippen LogP contribution in [0.1, 0.15) is 17.5 Å². The lowest BCUT2D eigenvalue weighted by Crippen LogP contribution is -2.56. The topological polar surface area (TPSA) is 115 Å². The fraction of sp³-hybridized carbons (Fsp3) is 0.300. The Hall–Kier alpha value is -4.35. The molecule has 1 saturated heterocycles. The van der Waals surface area contributed by atoms with E-state index in [1.807, 2.05) is 35.2 Å². The Morgan fingerprint density at radius 2 is 1.79 bits per heavy atom. The Morgan fingerprint density at radius 1 is 1.00 bits per heavy atom. The molecular weight excluding hydrogens is 593 g/mol. The smallest absolute Gasteiger partial charge is 0.238 e. The lowest BCUT2D eigenvalue weighted by Gasteiger charge is -2.42. The number of rotatable bonds is 10. The van der Waals surface area contributed by atoms with Crippen molar-refractivity contribution in [2.45, 2.75) is 25.4 Å². The maximum Gasteiger partial charge on any atom is 0.238 e. The second-order valence-corrected chi connectivity index (χ2v) is 10.8. The van der Waals surface area contributed by atoms with Gasteiger partial charge in [0.05, 0.1) is 31.7 Å². The molecule has 0 saturated carbocycles. The maximum absolute atomic E-state index is 13.4. The van der Waals surface area contributed by atoms with Gasteiger partial charge in [-0.1, -0.05) is 41.4 Å². The second-order valence-electron chi connectivity index (χ2n) is 9.98. The minimum absolute atomic E-state index is 0.0251. The molecular formula is C30H31Cl2N7O4. The Kier molecular flexibility index (Phi) is 9.63. The van der Waals surface area contributed by atoms with Crippen molar-refractivity contribution in [3.05, 3.63) is 88.6 Å². The van der Waals surface area contributed by atoms with Crippen LogP contribution in [0, 0.1) is 0 Å². The van der Waals surface area contributed by atoms with Gasteiger partial charge in [-0.3, -0.25) is 14.2 Å². The lowest BCUT2D eigenvalue weighted by atomic mass is 10.1. The number of imidazole rings is 1. The number of carbonyl (C=O) groups excluding carboxylic acids is 2. The first-order chi connectivity index (χ1) is 20.8. The number of halogens is 2. The molecule has 1 unspecified atom stereocenters. The lowest BCUT2D eigenvalue weighted by molar-refractivity contribution is -0.132. The molecule has 2 aromatic carbocycles. The van der Waals surface area contributed by atoms with Crippen LogP contribution in [0.5, 0.6) is 11.5 Å². The van der Waals surface area contributed by atoms with E-state index in [4.69, 9.17) is 37.7 Å². The number of methoxy groups -OCH3 is 2. The van der Waals surface area contributed by atoms with E-state index in [1.54, 1.807) is 60.6 Å². The Morgan fingerprint density at radius 3 is 2.49 bits per heavy atom. The van der Waals surface area contributed by atoms with E-state index in [1.165, 1.54) is 0 Å². The molecule has 43 heavy (non-hydrogen) atoms. The standard InChI is InChI=1S/C30H31Cl2N7O4/c1-42-23-6-3-20(4-7-23)14-29(41)37-11-12-39(27-16-26(32)35-30(36-27)38-10-9-33-19-38)22(18-37)15-28(40)34-17-21-5-8-25(43-2)24(31)13-21/h3-10,13,16,19,22H,11-12,14-15,17-18H2,1-2H3,(H,34,40). The van der Waals surface area contributed by atoms with Crippen molar-refractivity contribution in [2.24, 2.45) is 0 Å². The van der Waals surface area contributed by atoms with Crippen LogP contribution in [-0.4, -0.2) is 76.1 Å². The van der Waals surface area contributed by atoms with Crippen molar-refractivity contribution in [1.29, 1.82) is 0 Å². The zero-order valence-corrected chi connectivity index (χ0v) is 25.3. The number of piperazine rings is 1. The molecule has 1 aliphatic heterocycles. The highest BCUT2D eigenvalue weighted by molar-refractivity contribution is 6.32. The van der Waals surface area contributed by atoms with E-state index in [9.17, 15) is 9.59 Å². The molecule has 3 heterocycles. The van der Waals surface area contributed by atoms with Crippen LogP contribution in [-0.2, 0) is 22.6 Å². The Bertz CT molecular complexity index is 1570. The summed E-state index contributed by atoms with van der Waals surface area (Å²) in [4.78, 5) is 43.5. The molecule has 4 aromatic rings. The molecule has 1 N–H and O–H groups in total. The summed E-state index contributed by atoms with van der Waals surface area (Å²) < 4.78 is 12.1. The first-order valence-corrected chi connectivity index (χ1v) is 14.4. The number of anilines is 1. The van der Waals surface area contributed by atoms with Crippen LogP contribution in [0.2, 0.25) is 10.2 Å². The molecule has 2 aromatic heterocycles. The molecule has 0 spiro atoms. The third kappa shape index (κ3) is 7.54. The fourth-order valence-corrected chi connectivity index (χ4v) is 5.38. The van der Waals surface area contributed by atoms with Gasteiger partial charge in [-0.05, 0) is 35.4 Å². The number of benzene rings is 2. The van der Waals surface area contributed by atoms with Gasteiger partial charge in [0.1, 0.15) is 28.8 Å². The van der Waals surface area contributed by atoms with Gasteiger partial charge >= 0.3 is 0 Å². The first kappa shape index (κ1) is 30.1. The highest BCUT2D eigenvalue weighted by atomic mass is 35.5. The van der Waals surface area contributed by atoms with E-state index < -0.39 is 0 Å². The van der Waals surface area contributed by atoms with Crippen molar-refractivity contribution in [3.8, 4) is 17.4 Å². The van der Waals surface area contributed by atoms with Crippen molar-refractivity contribution < 1.29 is 19.1 Å². The summed E-state index contributed by atoms with van der Waals surface area (Å²) in [6.45, 7) is 1.54. The normalized spacial score (nSPS) is 14.8. The minimum atomic E-state index is -0.366. The molecule has 2 amide bonds. The Labute approximate surface area is 259 Å². The summed E-state index contributed by atoms with van der Waals surface area (Å²) in [6, 6.07) is 14.1. The average molecular weight is 625 g/mol. The minimum Gasteiger partial charge on any atom is -0.497 e. The summed E-state index contributed by atoms with van der Waals surface area (Å²) in [5, 5.41) is 3.69. The first-order valence-electron chi connectivity index (χ1n) is 13.6. The zero-order chi connectivity index (χ0) is 30.3. The predicted octanol–water partition coefficient (Wildman–Crippen LogP) is 3.95. The van der Waals surface area contributed by atoms with Gasteiger partial charge in [-0.25, -0.2) is 9.97 Å². The molecule has 5 rings (SSSR count). The van der Waals surface area contributed by atoms with Gasteiger partial charge in [0.25, 0.3) is 0 Å². The monoisotopic (exact) mass is 623 g/mol. The van der Waals surface area contributed by atoms with Crippen LogP contribution in [0.15, 0.2) is 67.3 Å². The highest BCUT2D eigenvalue weighted by Gasteiger charge is 2.32. The summed E-state index contributed by atoms with van der Waals surface area (Å²) in [5.74, 6) is 2.01. The molecule has 0 bridgehead atoms. The molecule has 11 nitrogen and oxygen atoms in total. The molecule has 224 valence electrons. The van der Waals surface area contributed by atoms with Crippen molar-refractivity contribution in [1.82, 2.24) is 29.7 Å². The molecule has 1 atom stereocenters. The number of nitrogens with one attached hydrogen (secondary N) is 1. The van der Waals surface area contributed by atoms with E-state index in [-0.39, 0.29) is 35.9 Å². The third-order valence-electron chi connectivity index (χ3n) is 7.18. The molecule has 0 aliphatic carbocycles. The third-order valence-corrected chi connectivity index (χ3v) is 7.66. The fourth-order valence-electron chi connectivity index (χ4n) is 4.93. The summed E-state index contributed by atoms with van der Waals surface area (Å²) in [6.07, 6.45) is 5.30. The van der Waals surface area contributed by atoms with Crippen molar-refractivity contribution in [2.75, 3.05) is 38.8 Å². The predicted molar refractivity (Wildman–Crippen MR) is 163 cm³/mol. The van der Waals surface area contributed by atoms with Crippen LogP contribution >= 0.6 is 23.2 Å². The van der Waals surface area contributed by atoms with E-state index in [0.29, 0.717) is 48.7 Å². The van der Waals surface area contributed by atoms with Gasteiger partial charge in [0.15, 0.2) is 0 Å². The largest absolute Gasteiger partial charge is 0.497 e. The van der Waals surface area contributed by atoms with Gasteiger partial charge in [-0.2, -0.15) is 4.98 Å². The summed E-state index contributed by atoms with van der Waals surface area (Å²) in [5.41, 5.74) is 1.72. The number of carbonyl (C=O) groups is 2. The number of aromatic nitrogens is 4. The average Bonchev–Trinajstić information content (AvgIpc) is 3.56. The van der Waals surface area contributed by atoms with Gasteiger partial charge in [-0.15, -0.1) is 0 Å². The number of hydrogen-bond acceptors (Lipinski definition) is 8. The van der Waals surface area contributed by atoms with Gasteiger partial charge in [0.2, 0.25) is 17.8 Å². The van der Waals surface area contributed by atoms with Crippen LogP contribution in [0.3, 0.4) is 0 Å². The second kappa shape index (κ2) is 13.7. The molecule has 0 radical (unpaired) electrons. The van der Waals surface area contributed by atoms with Crippen LogP contribution < -0.4 is 19.7 Å². The quantitative estimate of drug-likeness (QED) is 0.264. The van der Waals surface area contributed by atoms with Gasteiger partial charge in [0, 0.05) is 51.1 Å². The van der Waals surface area contributed by atoms with Gasteiger partial charge < -0.3 is 24.6 Å². The SMILES string of the molecule is COc1ccc(CC(=O)N2CCN(c3cc(Cl)nc(-n4ccnc4)n3)C(CC(=O)NCc3ccc(OC)c(Cl)c3)C2)cc1. The Balaban J connectivity index is 1.33. The molecule has 13 heteroatoms. The number of ether oxygens (including phenoxy) is 2. The number of hydrogen-bond donors (Lipinski definition) is 1. The highest BCUT2D eigenvalue weighted by Crippen LogP contribution is 2.26.